The summed E-state index contributed by atoms with van der Waals surface area (Å²) in [4.78, 5) is 13.1. The molecule has 1 aromatic carbocycles. The number of amides is 1. The fourth-order valence-corrected chi connectivity index (χ4v) is 1.39. The van der Waals surface area contributed by atoms with Gasteiger partial charge in [0.2, 0.25) is 5.91 Å². The van der Waals surface area contributed by atoms with Crippen LogP contribution in [0.25, 0.3) is 0 Å². The molecule has 0 bridgehead atoms. The van der Waals surface area contributed by atoms with Crippen LogP contribution in [0.4, 0.5) is 5.69 Å². The van der Waals surface area contributed by atoms with E-state index in [0.717, 1.165) is 12.2 Å². The summed E-state index contributed by atoms with van der Waals surface area (Å²) >= 11 is 0. The summed E-state index contributed by atoms with van der Waals surface area (Å²) in [5.74, 6) is 0.196. The van der Waals surface area contributed by atoms with Gasteiger partial charge in [-0.2, -0.15) is 0 Å². The van der Waals surface area contributed by atoms with Crippen molar-refractivity contribution in [2.24, 2.45) is 0 Å². The molecule has 2 nitrogen and oxygen atoms in total. The number of benzene rings is 1. The molecule has 61 valence electrons. The van der Waals surface area contributed by atoms with Gasteiger partial charge < -0.3 is 4.90 Å². The van der Waals surface area contributed by atoms with Crippen molar-refractivity contribution in [2.45, 2.75) is 6.42 Å². The number of hydrogen-bond donors (Lipinski definition) is 0. The number of rotatable bonds is 1. The molecule has 1 amide bonds. The molecule has 2 rings (SSSR count). The smallest absolute Gasteiger partial charge is 0.227 e. The Morgan fingerprint density at radius 1 is 1.17 bits per heavy atom. The van der Waals surface area contributed by atoms with Crippen LogP contribution in [0.15, 0.2) is 30.3 Å². The highest BCUT2D eigenvalue weighted by molar-refractivity contribution is 5.96. The number of para-hydroxylation sites is 1. The van der Waals surface area contributed by atoms with Gasteiger partial charge in [0.15, 0.2) is 0 Å². The van der Waals surface area contributed by atoms with Gasteiger partial charge in [-0.25, -0.2) is 0 Å². The lowest BCUT2D eigenvalue weighted by Crippen LogP contribution is -2.23. The van der Waals surface area contributed by atoms with Crippen molar-refractivity contribution >= 4 is 11.6 Å². The molecule has 1 saturated heterocycles. The Balaban J connectivity index is 2.25. The van der Waals surface area contributed by atoms with Gasteiger partial charge >= 0.3 is 0 Å². The lowest BCUT2D eigenvalue weighted by molar-refractivity contribution is -0.116. The quantitative estimate of drug-likeness (QED) is 0.611. The van der Waals surface area contributed by atoms with E-state index in [1.165, 1.54) is 0 Å². The average molecular weight is 160 g/mol. The summed E-state index contributed by atoms with van der Waals surface area (Å²) in [5.41, 5.74) is 0.997. The zero-order valence-electron chi connectivity index (χ0n) is 6.73. The van der Waals surface area contributed by atoms with Crippen LogP contribution < -0.4 is 4.90 Å². The van der Waals surface area contributed by atoms with Gasteiger partial charge in [-0.1, -0.05) is 18.2 Å². The minimum Gasteiger partial charge on any atom is -0.312 e. The predicted octanol–water partition coefficient (Wildman–Crippen LogP) is 1.63. The van der Waals surface area contributed by atoms with Gasteiger partial charge in [0.25, 0.3) is 0 Å². The maximum absolute atomic E-state index is 11.3. The van der Waals surface area contributed by atoms with E-state index in [0.29, 0.717) is 6.42 Å². The second-order valence-corrected chi connectivity index (χ2v) is 2.83. The van der Waals surface area contributed by atoms with Crippen LogP contribution in [-0.2, 0) is 4.79 Å². The molecule has 1 aliphatic rings. The molecule has 12 heavy (non-hydrogen) atoms. The van der Waals surface area contributed by atoms with Crippen LogP contribution in [0.5, 0.6) is 0 Å². The third-order valence-electron chi connectivity index (χ3n) is 2.00. The lowest BCUT2D eigenvalue weighted by Gasteiger charge is -2.14. The van der Waals surface area contributed by atoms with Crippen molar-refractivity contribution in [2.75, 3.05) is 11.4 Å². The molecule has 0 aliphatic carbocycles. The molecule has 1 heterocycles. The van der Waals surface area contributed by atoms with E-state index in [2.05, 4.69) is 0 Å². The van der Waals surface area contributed by atoms with E-state index in [4.69, 9.17) is 0 Å². The Morgan fingerprint density at radius 2 is 1.92 bits per heavy atom. The van der Waals surface area contributed by atoms with Gasteiger partial charge in [-0.3, -0.25) is 4.79 Å². The monoisotopic (exact) mass is 160 g/mol. The van der Waals surface area contributed by atoms with Crippen molar-refractivity contribution in [3.8, 4) is 0 Å². The molecule has 0 atom stereocenters. The first-order chi connectivity index (χ1) is 5.88. The number of carbonyl (C=O) groups is 1. The summed E-state index contributed by atoms with van der Waals surface area (Å²) in [5, 5.41) is 0. The molecular weight excluding hydrogens is 150 g/mol. The van der Waals surface area contributed by atoms with Crippen LogP contribution in [0.3, 0.4) is 0 Å². The molecule has 1 aliphatic heterocycles. The third-order valence-corrected chi connectivity index (χ3v) is 2.00. The number of carbonyl (C=O) groups excluding carboxylic acids is 1. The number of hydrogen-bond acceptors (Lipinski definition) is 1. The highest BCUT2D eigenvalue weighted by Crippen LogP contribution is 2.19. The van der Waals surface area contributed by atoms with Crippen LogP contribution in [0.2, 0.25) is 0 Å². The number of nitrogens with zero attached hydrogens (tertiary/aromatic N) is 1. The molecule has 0 saturated carbocycles. The van der Waals surface area contributed by atoms with Crippen LogP contribution in [0, 0.1) is 6.42 Å². The zero-order valence-corrected chi connectivity index (χ0v) is 6.73. The summed E-state index contributed by atoms with van der Waals surface area (Å²) in [6, 6.07) is 9.75. The maximum Gasteiger partial charge on any atom is 0.227 e. The van der Waals surface area contributed by atoms with E-state index < -0.39 is 0 Å². The summed E-state index contributed by atoms with van der Waals surface area (Å²) in [6.45, 7) is 0.753. The van der Waals surface area contributed by atoms with Crippen molar-refractivity contribution in [1.82, 2.24) is 0 Å². The van der Waals surface area contributed by atoms with Gasteiger partial charge in [-0.15, -0.1) is 0 Å². The van der Waals surface area contributed by atoms with E-state index in [1.54, 1.807) is 4.90 Å². The predicted molar refractivity (Wildman–Crippen MR) is 47.7 cm³/mol. The molecule has 0 aromatic heterocycles. The SMILES string of the molecule is O=C1C[CH]CN1c1ccccc1. The highest BCUT2D eigenvalue weighted by Gasteiger charge is 2.20. The first-order valence-electron chi connectivity index (χ1n) is 4.05. The fourth-order valence-electron chi connectivity index (χ4n) is 1.39. The first-order valence-corrected chi connectivity index (χ1v) is 4.05. The van der Waals surface area contributed by atoms with Crippen molar-refractivity contribution < 1.29 is 4.79 Å². The molecule has 0 N–H and O–H groups in total. The molecule has 0 unspecified atom stereocenters. The van der Waals surface area contributed by atoms with Gasteiger partial charge in [-0.05, 0) is 18.6 Å². The first kappa shape index (κ1) is 7.35. The van der Waals surface area contributed by atoms with Crippen LogP contribution in [-0.4, -0.2) is 12.5 Å². The average Bonchev–Trinajstić information content (AvgIpc) is 2.53. The molecule has 1 radical (unpaired) electrons. The van der Waals surface area contributed by atoms with Crippen molar-refractivity contribution in [1.29, 1.82) is 0 Å². The van der Waals surface area contributed by atoms with E-state index in [1.807, 2.05) is 36.8 Å². The Morgan fingerprint density at radius 3 is 2.50 bits per heavy atom. The Kier molecular flexibility index (Phi) is 1.82. The topological polar surface area (TPSA) is 20.3 Å². The van der Waals surface area contributed by atoms with Gasteiger partial charge in [0.05, 0.1) is 0 Å². The Labute approximate surface area is 71.8 Å². The lowest BCUT2D eigenvalue weighted by atomic mass is 10.3. The highest BCUT2D eigenvalue weighted by atomic mass is 16.2. The van der Waals surface area contributed by atoms with Gasteiger partial charge in [0, 0.05) is 18.7 Å². The van der Waals surface area contributed by atoms with E-state index >= 15 is 0 Å². The van der Waals surface area contributed by atoms with E-state index in [-0.39, 0.29) is 5.91 Å². The van der Waals surface area contributed by atoms with Crippen molar-refractivity contribution in [3.05, 3.63) is 36.8 Å². The van der Waals surface area contributed by atoms with E-state index in [9.17, 15) is 4.79 Å². The number of anilines is 1. The fraction of sp³-hybridized carbons (Fsp3) is 0.200. The summed E-state index contributed by atoms with van der Waals surface area (Å²) in [6.07, 6.45) is 2.57. The molecule has 1 aromatic rings. The largest absolute Gasteiger partial charge is 0.312 e. The molecule has 0 spiro atoms. The Bertz CT molecular complexity index is 281. The maximum atomic E-state index is 11.3. The Hall–Kier alpha value is -1.31. The zero-order chi connectivity index (χ0) is 8.39. The minimum absolute atomic E-state index is 0.196. The van der Waals surface area contributed by atoms with Crippen molar-refractivity contribution in [3.63, 3.8) is 0 Å². The molecule has 2 heteroatoms. The standard InChI is InChI=1S/C10H10NO/c12-10-7-4-8-11(10)9-5-2-1-3-6-9/h1-6H,7-8H2. The summed E-state index contributed by atoms with van der Waals surface area (Å²) < 4.78 is 0. The normalized spacial score (nSPS) is 17.0. The minimum atomic E-state index is 0.196. The molecular formula is C10H10NO. The second kappa shape index (κ2) is 2.97. The van der Waals surface area contributed by atoms with Gasteiger partial charge in [0.1, 0.15) is 0 Å². The van der Waals surface area contributed by atoms with Crippen LogP contribution in [0.1, 0.15) is 6.42 Å². The van der Waals surface area contributed by atoms with Crippen LogP contribution >= 0.6 is 0 Å². The molecule has 1 fully saturated rings. The summed E-state index contributed by atoms with van der Waals surface area (Å²) in [7, 11) is 0. The second-order valence-electron chi connectivity index (χ2n) is 2.83. The third kappa shape index (κ3) is 1.20.